The Balaban J connectivity index is 0.842. The smallest absolute Gasteiger partial charge is 0.422 e. The second kappa shape index (κ2) is 20.7. The van der Waals surface area contributed by atoms with Crippen LogP contribution in [0.3, 0.4) is 0 Å². The van der Waals surface area contributed by atoms with Gasteiger partial charge in [0.05, 0.1) is 23.8 Å². The minimum atomic E-state index is -4.48. The summed E-state index contributed by atoms with van der Waals surface area (Å²) < 4.78 is 90.6. The van der Waals surface area contributed by atoms with Crippen molar-refractivity contribution in [3.63, 3.8) is 0 Å². The lowest BCUT2D eigenvalue weighted by Gasteiger charge is -2.38. The van der Waals surface area contributed by atoms with Crippen LogP contribution in [0.2, 0.25) is 0 Å². The molecule has 4 aromatic rings. The first-order valence-corrected chi connectivity index (χ1v) is 23.4. The SMILES string of the molecule is Cc1cn(OC(=O)/C=C/C(=O)On2cc(C)c(=O)n(CC3(CN4CCN(c5ccccc5OCC(F)(F)F)CC4)CC3)c2=O)c(=O)n(CC2(CN3CCN(c4ccccc4OCC(F)(F)F)CC3)CC2)c1=O. The minimum Gasteiger partial charge on any atom is -0.482 e. The third-order valence-corrected chi connectivity index (χ3v) is 13.3. The first-order chi connectivity index (χ1) is 34.1. The van der Waals surface area contributed by atoms with E-state index in [4.69, 9.17) is 19.1 Å². The average molecular weight is 1020 g/mol. The van der Waals surface area contributed by atoms with Gasteiger partial charge in [0.2, 0.25) is 0 Å². The summed E-state index contributed by atoms with van der Waals surface area (Å²) in [7, 11) is 0. The van der Waals surface area contributed by atoms with Crippen molar-refractivity contribution in [2.75, 3.05) is 88.5 Å². The van der Waals surface area contributed by atoms with Gasteiger partial charge in [0, 0.05) is 113 Å². The number of hydrogen-bond donors (Lipinski definition) is 0. The van der Waals surface area contributed by atoms with Crippen LogP contribution in [0.15, 0.2) is 92.3 Å². The van der Waals surface area contributed by atoms with Crippen LogP contribution >= 0.6 is 0 Å². The highest BCUT2D eigenvalue weighted by molar-refractivity contribution is 5.91. The molecule has 4 heterocycles. The van der Waals surface area contributed by atoms with Gasteiger partial charge in [-0.2, -0.15) is 26.3 Å². The largest absolute Gasteiger partial charge is 0.482 e. The van der Waals surface area contributed by atoms with Crippen molar-refractivity contribution in [2.45, 2.75) is 65.0 Å². The predicted octanol–water partition coefficient (Wildman–Crippen LogP) is 3.20. The summed E-state index contributed by atoms with van der Waals surface area (Å²) in [6, 6.07) is 13.1. The lowest BCUT2D eigenvalue weighted by atomic mass is 10.1. The predicted molar refractivity (Wildman–Crippen MR) is 248 cm³/mol. The number of alkyl halides is 6. The van der Waals surface area contributed by atoms with E-state index in [1.54, 1.807) is 36.4 Å². The van der Waals surface area contributed by atoms with Crippen LogP contribution in [0, 0.1) is 24.7 Å². The summed E-state index contributed by atoms with van der Waals surface area (Å²) in [5.74, 6) is -2.11. The number of piperazine rings is 2. The molecule has 0 amide bonds. The molecule has 0 radical (unpaired) electrons. The number of nitrogens with zero attached hydrogens (tertiary/aromatic N) is 8. The number of para-hydroxylation sites is 4. The Morgan fingerprint density at radius 3 is 1.22 bits per heavy atom. The number of carbonyl (C=O) groups excluding carboxylic acids is 2. The summed E-state index contributed by atoms with van der Waals surface area (Å²) in [6.45, 7) is 5.45. The molecule has 2 aliphatic heterocycles. The van der Waals surface area contributed by atoms with Crippen LogP contribution < -0.4 is 51.4 Å². The van der Waals surface area contributed by atoms with E-state index in [1.165, 1.54) is 26.0 Å². The second-order valence-corrected chi connectivity index (χ2v) is 19.0. The fraction of sp³-hybridized carbons (Fsp3) is 0.500. The molecule has 72 heavy (non-hydrogen) atoms. The number of aryl methyl sites for hydroxylation is 2. The van der Waals surface area contributed by atoms with Crippen molar-refractivity contribution >= 4 is 23.3 Å². The van der Waals surface area contributed by atoms with Gasteiger partial charge in [0.25, 0.3) is 11.1 Å². The van der Waals surface area contributed by atoms with Crippen LogP contribution in [0.1, 0.15) is 36.8 Å². The molecule has 2 aromatic carbocycles. The van der Waals surface area contributed by atoms with Crippen molar-refractivity contribution in [1.29, 1.82) is 0 Å². The summed E-state index contributed by atoms with van der Waals surface area (Å²) in [5, 5.41) is 0. The number of carbonyl (C=O) groups is 2. The Kier molecular flexibility index (Phi) is 14.8. The maximum atomic E-state index is 13.6. The maximum absolute atomic E-state index is 13.6. The van der Waals surface area contributed by atoms with E-state index in [9.17, 15) is 55.1 Å². The zero-order valence-corrected chi connectivity index (χ0v) is 39.6. The Hall–Kier alpha value is -6.82. The molecule has 0 atom stereocenters. The average Bonchev–Trinajstić information content (AvgIpc) is 4.29. The van der Waals surface area contributed by atoms with Crippen molar-refractivity contribution in [3.05, 3.63) is 126 Å². The molecule has 18 nitrogen and oxygen atoms in total. The van der Waals surface area contributed by atoms with Crippen LogP contribution in [0.25, 0.3) is 0 Å². The molecule has 4 fully saturated rings. The Morgan fingerprint density at radius 1 is 0.542 bits per heavy atom. The number of rotatable bonds is 18. The minimum absolute atomic E-state index is 0.0276. The van der Waals surface area contributed by atoms with Gasteiger partial charge >= 0.3 is 35.7 Å². The molecule has 0 N–H and O–H groups in total. The van der Waals surface area contributed by atoms with E-state index in [0.29, 0.717) is 124 Å². The second-order valence-electron chi connectivity index (χ2n) is 19.0. The number of halogens is 6. The normalized spacial score (nSPS) is 18.0. The highest BCUT2D eigenvalue weighted by Gasteiger charge is 2.47. The van der Waals surface area contributed by atoms with Gasteiger partial charge in [-0.05, 0) is 63.8 Å². The van der Waals surface area contributed by atoms with Crippen molar-refractivity contribution < 1.29 is 55.1 Å². The molecule has 8 rings (SSSR count). The van der Waals surface area contributed by atoms with Crippen LogP contribution in [-0.4, -0.2) is 131 Å². The first-order valence-electron chi connectivity index (χ1n) is 23.4. The number of benzene rings is 2. The van der Waals surface area contributed by atoms with E-state index in [1.807, 2.05) is 9.80 Å². The molecular formula is C48H54F6N8O10. The lowest BCUT2D eigenvalue weighted by Crippen LogP contribution is -2.50. The highest BCUT2D eigenvalue weighted by Crippen LogP contribution is 2.48. The Bertz CT molecular complexity index is 2730. The summed E-state index contributed by atoms with van der Waals surface area (Å²) in [5.41, 5.74) is -2.59. The van der Waals surface area contributed by atoms with E-state index in [0.717, 1.165) is 21.5 Å². The van der Waals surface area contributed by atoms with Gasteiger partial charge in [-0.25, -0.2) is 19.2 Å². The fourth-order valence-corrected chi connectivity index (χ4v) is 9.21. The molecule has 388 valence electrons. The van der Waals surface area contributed by atoms with Crippen molar-refractivity contribution in [3.8, 4) is 11.5 Å². The third kappa shape index (κ3) is 12.8. The molecule has 2 aliphatic carbocycles. The molecule has 4 aliphatic rings. The highest BCUT2D eigenvalue weighted by atomic mass is 19.4. The van der Waals surface area contributed by atoms with Gasteiger partial charge in [-0.1, -0.05) is 24.3 Å². The number of aromatic nitrogens is 4. The summed E-state index contributed by atoms with van der Waals surface area (Å²) >= 11 is 0. The standard InChI is InChI=1S/C48H54F6N8O10/c1-33-25-61(43(67)59(41(33)65)29-45(13-14-45)27-55-17-21-57(22-18-55)35-7-3-5-9-37(35)69-31-47(49,50)51)71-39(63)11-12-40(64)72-62-26-34(2)42(66)60(44(62)68)30-46(15-16-46)28-56-19-23-58(24-20-56)36-8-4-6-10-38(36)70-32-48(52,53)54/h3-12,25-26H,13-24,27-32H2,1-2H3/b12-11+. The molecule has 2 aromatic heterocycles. The molecular weight excluding hydrogens is 963 g/mol. The first kappa shape index (κ1) is 51.5. The lowest BCUT2D eigenvalue weighted by molar-refractivity contribution is -0.154. The maximum Gasteiger partial charge on any atom is 0.422 e. The number of ether oxygens (including phenoxy) is 2. The van der Waals surface area contributed by atoms with Crippen molar-refractivity contribution in [2.24, 2.45) is 10.8 Å². The van der Waals surface area contributed by atoms with E-state index < -0.39 is 70.8 Å². The third-order valence-electron chi connectivity index (χ3n) is 13.3. The van der Waals surface area contributed by atoms with Gasteiger partial charge in [-0.3, -0.25) is 28.5 Å². The summed E-state index contributed by atoms with van der Waals surface area (Å²) in [4.78, 5) is 98.3. The Labute approximate surface area is 407 Å². The fourth-order valence-electron chi connectivity index (χ4n) is 9.21. The quantitative estimate of drug-likeness (QED) is 0.105. The Morgan fingerprint density at radius 2 is 0.889 bits per heavy atom. The summed E-state index contributed by atoms with van der Waals surface area (Å²) in [6.07, 6.45) is -2.68. The van der Waals surface area contributed by atoms with E-state index in [-0.39, 0.29) is 35.7 Å². The number of anilines is 2. The van der Waals surface area contributed by atoms with Crippen LogP contribution in [0.4, 0.5) is 37.7 Å². The molecule has 2 saturated carbocycles. The molecule has 0 spiro atoms. The van der Waals surface area contributed by atoms with E-state index in [2.05, 4.69) is 9.80 Å². The molecule has 0 bridgehead atoms. The van der Waals surface area contributed by atoms with Gasteiger partial charge < -0.3 is 28.9 Å². The van der Waals surface area contributed by atoms with Gasteiger partial charge in [0.15, 0.2) is 13.2 Å². The zero-order valence-electron chi connectivity index (χ0n) is 39.6. The monoisotopic (exact) mass is 1020 g/mol. The van der Waals surface area contributed by atoms with Gasteiger partial charge in [-0.15, -0.1) is 9.46 Å². The molecule has 0 unspecified atom stereocenters. The van der Waals surface area contributed by atoms with E-state index >= 15 is 0 Å². The number of hydrogen-bond acceptors (Lipinski definition) is 14. The van der Waals surface area contributed by atoms with Crippen LogP contribution in [-0.2, 0) is 22.7 Å². The topological polar surface area (TPSA) is 172 Å². The van der Waals surface area contributed by atoms with Crippen LogP contribution in [0.5, 0.6) is 11.5 Å². The molecule has 24 heteroatoms. The zero-order chi connectivity index (χ0) is 51.6. The van der Waals surface area contributed by atoms with Gasteiger partial charge in [0.1, 0.15) is 11.5 Å². The molecule has 2 saturated heterocycles. The van der Waals surface area contributed by atoms with Crippen molar-refractivity contribution in [1.82, 2.24) is 28.4 Å².